The number of hydrogen-bond donors (Lipinski definition) is 3. The van der Waals surface area contributed by atoms with E-state index >= 15 is 0 Å². The van der Waals surface area contributed by atoms with E-state index in [9.17, 15) is 4.79 Å². The molecule has 6 nitrogen and oxygen atoms in total. The molecule has 0 aliphatic heterocycles. The average Bonchev–Trinajstić information content (AvgIpc) is 2.57. The summed E-state index contributed by atoms with van der Waals surface area (Å²) in [5.41, 5.74) is 2.28. The summed E-state index contributed by atoms with van der Waals surface area (Å²) in [5.74, 6) is 0.568. The van der Waals surface area contributed by atoms with Gasteiger partial charge in [-0.3, -0.25) is 4.79 Å². The van der Waals surface area contributed by atoms with Crippen molar-refractivity contribution in [3.8, 4) is 0 Å². The van der Waals surface area contributed by atoms with Gasteiger partial charge in [-0.15, -0.1) is 17.5 Å². The molecular formula is C17H24ClN5O. The van der Waals surface area contributed by atoms with Crippen molar-refractivity contribution in [3.05, 3.63) is 47.7 Å². The number of hydrogen-bond acceptors (Lipinski definition) is 5. The number of anilines is 2. The Bertz CT molecular complexity index is 633. The number of carbonyl (C=O) groups excluding carboxylic acids is 1. The molecule has 1 aromatic carbocycles. The van der Waals surface area contributed by atoms with Crippen LogP contribution < -0.4 is 16.0 Å². The number of aromatic nitrogens is 2. The summed E-state index contributed by atoms with van der Waals surface area (Å²) < 4.78 is 0. The molecule has 1 amide bonds. The Kier molecular flexibility index (Phi) is 8.75. The topological polar surface area (TPSA) is 78.9 Å². The van der Waals surface area contributed by atoms with E-state index in [2.05, 4.69) is 33.1 Å². The van der Waals surface area contributed by atoms with Gasteiger partial charge in [0.15, 0.2) is 5.82 Å². The average molecular weight is 350 g/mol. The lowest BCUT2D eigenvalue weighted by atomic mass is 10.2. The minimum atomic E-state index is -0.0815. The Morgan fingerprint density at radius 2 is 1.92 bits per heavy atom. The van der Waals surface area contributed by atoms with Gasteiger partial charge in [-0.05, 0) is 50.2 Å². The van der Waals surface area contributed by atoms with Crippen LogP contribution in [0.4, 0.5) is 11.5 Å². The van der Waals surface area contributed by atoms with Crippen LogP contribution in [0.25, 0.3) is 0 Å². The maximum atomic E-state index is 12.1. The van der Waals surface area contributed by atoms with Gasteiger partial charge in [-0.25, -0.2) is 0 Å². The van der Waals surface area contributed by atoms with Crippen LogP contribution in [-0.4, -0.2) is 35.7 Å². The zero-order valence-corrected chi connectivity index (χ0v) is 14.8. The molecule has 0 spiro atoms. The van der Waals surface area contributed by atoms with Gasteiger partial charge < -0.3 is 16.0 Å². The van der Waals surface area contributed by atoms with Crippen LogP contribution in [0.5, 0.6) is 0 Å². The minimum Gasteiger partial charge on any atom is -0.351 e. The third-order valence-electron chi connectivity index (χ3n) is 3.21. The molecule has 2 rings (SSSR count). The molecule has 0 saturated heterocycles. The molecule has 1 aromatic heterocycles. The van der Waals surface area contributed by atoms with Crippen molar-refractivity contribution in [2.45, 2.75) is 20.3 Å². The van der Waals surface area contributed by atoms with E-state index in [1.807, 2.05) is 31.2 Å². The fraction of sp³-hybridized carbons (Fsp3) is 0.353. The lowest BCUT2D eigenvalue weighted by Crippen LogP contribution is -2.32. The lowest BCUT2D eigenvalue weighted by molar-refractivity contribution is 0.0954. The molecule has 0 unspecified atom stereocenters. The second-order valence-electron chi connectivity index (χ2n) is 5.27. The highest BCUT2D eigenvalue weighted by molar-refractivity contribution is 5.95. The second-order valence-corrected chi connectivity index (χ2v) is 5.27. The van der Waals surface area contributed by atoms with Crippen LogP contribution in [0.2, 0.25) is 0 Å². The van der Waals surface area contributed by atoms with Crippen LogP contribution in [-0.2, 0) is 0 Å². The second kappa shape index (κ2) is 10.6. The standard InChI is InChI=1S/C17H23N5O.ClH/c1-3-9-18-10-11-19-17(23)14-5-4-6-15(12-14)20-16-8-7-13(2)21-22-16;/h4-8,12,18H,3,9-11H2,1-2H3,(H,19,23)(H,20,22);1H. The van der Waals surface area contributed by atoms with E-state index in [1.165, 1.54) is 0 Å². The number of carbonyl (C=O) groups is 1. The SMILES string of the molecule is CCCNCCNC(=O)c1cccc(Nc2ccc(C)nn2)c1.Cl. The molecule has 24 heavy (non-hydrogen) atoms. The number of halogens is 1. The Hall–Kier alpha value is -2.18. The van der Waals surface area contributed by atoms with Crippen LogP contribution in [0, 0.1) is 6.92 Å². The Labute approximate surface area is 148 Å². The summed E-state index contributed by atoms with van der Waals surface area (Å²) in [7, 11) is 0. The maximum absolute atomic E-state index is 12.1. The molecule has 3 N–H and O–H groups in total. The van der Waals surface area contributed by atoms with Gasteiger partial charge in [0, 0.05) is 24.3 Å². The zero-order valence-electron chi connectivity index (χ0n) is 14.0. The van der Waals surface area contributed by atoms with Crippen molar-refractivity contribution in [1.29, 1.82) is 0 Å². The van der Waals surface area contributed by atoms with E-state index in [0.29, 0.717) is 17.9 Å². The lowest BCUT2D eigenvalue weighted by Gasteiger charge is -2.09. The van der Waals surface area contributed by atoms with Crippen molar-refractivity contribution in [2.75, 3.05) is 25.0 Å². The third-order valence-corrected chi connectivity index (χ3v) is 3.21. The number of benzene rings is 1. The summed E-state index contributed by atoms with van der Waals surface area (Å²) in [6.45, 7) is 6.35. The molecule has 130 valence electrons. The normalized spacial score (nSPS) is 9.92. The Balaban J connectivity index is 0.00000288. The molecule has 0 aliphatic rings. The Morgan fingerprint density at radius 1 is 1.08 bits per heavy atom. The van der Waals surface area contributed by atoms with Crippen molar-refractivity contribution in [2.24, 2.45) is 0 Å². The molecule has 2 aromatic rings. The van der Waals surface area contributed by atoms with Gasteiger partial charge in [-0.2, -0.15) is 5.10 Å². The van der Waals surface area contributed by atoms with E-state index in [4.69, 9.17) is 0 Å². The Morgan fingerprint density at radius 3 is 2.62 bits per heavy atom. The summed E-state index contributed by atoms with van der Waals surface area (Å²) in [5, 5.41) is 17.3. The van der Waals surface area contributed by atoms with Gasteiger partial charge in [0.2, 0.25) is 0 Å². The molecular weight excluding hydrogens is 326 g/mol. The van der Waals surface area contributed by atoms with Gasteiger partial charge in [0.05, 0.1) is 5.69 Å². The van der Waals surface area contributed by atoms with Crippen molar-refractivity contribution in [1.82, 2.24) is 20.8 Å². The number of nitrogens with zero attached hydrogens (tertiary/aromatic N) is 2. The molecule has 0 fully saturated rings. The number of amides is 1. The van der Waals surface area contributed by atoms with E-state index in [1.54, 1.807) is 12.1 Å². The minimum absolute atomic E-state index is 0. The van der Waals surface area contributed by atoms with Crippen molar-refractivity contribution >= 4 is 29.8 Å². The van der Waals surface area contributed by atoms with Crippen molar-refractivity contribution in [3.63, 3.8) is 0 Å². The fourth-order valence-electron chi connectivity index (χ4n) is 2.02. The first-order chi connectivity index (χ1) is 11.2. The molecule has 0 atom stereocenters. The first-order valence-corrected chi connectivity index (χ1v) is 7.85. The number of nitrogens with one attached hydrogen (secondary N) is 3. The first-order valence-electron chi connectivity index (χ1n) is 7.85. The van der Waals surface area contributed by atoms with Gasteiger partial charge in [-0.1, -0.05) is 13.0 Å². The maximum Gasteiger partial charge on any atom is 0.251 e. The predicted molar refractivity (Wildman–Crippen MR) is 99.2 cm³/mol. The molecule has 1 heterocycles. The quantitative estimate of drug-likeness (QED) is 0.638. The van der Waals surface area contributed by atoms with Gasteiger partial charge in [0.1, 0.15) is 0 Å². The summed E-state index contributed by atoms with van der Waals surface area (Å²) in [6, 6.07) is 11.1. The van der Waals surface area contributed by atoms with Crippen LogP contribution in [0.15, 0.2) is 36.4 Å². The largest absolute Gasteiger partial charge is 0.351 e. The van der Waals surface area contributed by atoms with E-state index in [0.717, 1.165) is 30.9 Å². The van der Waals surface area contributed by atoms with Crippen LogP contribution in [0.3, 0.4) is 0 Å². The van der Waals surface area contributed by atoms with Gasteiger partial charge >= 0.3 is 0 Å². The summed E-state index contributed by atoms with van der Waals surface area (Å²) in [6.07, 6.45) is 1.09. The van der Waals surface area contributed by atoms with Gasteiger partial charge in [0.25, 0.3) is 5.91 Å². The third kappa shape index (κ3) is 6.52. The van der Waals surface area contributed by atoms with Crippen molar-refractivity contribution < 1.29 is 4.79 Å². The number of aryl methyl sites for hydroxylation is 1. The van der Waals surface area contributed by atoms with E-state index in [-0.39, 0.29) is 18.3 Å². The molecule has 0 aliphatic carbocycles. The van der Waals surface area contributed by atoms with Crippen LogP contribution >= 0.6 is 12.4 Å². The zero-order chi connectivity index (χ0) is 16.5. The monoisotopic (exact) mass is 349 g/mol. The molecule has 0 saturated carbocycles. The molecule has 0 radical (unpaired) electrons. The smallest absolute Gasteiger partial charge is 0.251 e. The van der Waals surface area contributed by atoms with E-state index < -0.39 is 0 Å². The predicted octanol–water partition coefficient (Wildman–Crippen LogP) is 2.68. The first kappa shape index (κ1) is 19.9. The summed E-state index contributed by atoms with van der Waals surface area (Å²) in [4.78, 5) is 12.1. The highest BCUT2D eigenvalue weighted by Crippen LogP contribution is 2.15. The fourth-order valence-corrected chi connectivity index (χ4v) is 2.02. The number of rotatable bonds is 8. The van der Waals surface area contributed by atoms with Crippen LogP contribution in [0.1, 0.15) is 29.4 Å². The highest BCUT2D eigenvalue weighted by atomic mass is 35.5. The summed E-state index contributed by atoms with van der Waals surface area (Å²) >= 11 is 0. The molecule has 7 heteroatoms. The highest BCUT2D eigenvalue weighted by Gasteiger charge is 2.06. The molecule has 0 bridgehead atoms.